The first-order valence-electron chi connectivity index (χ1n) is 11.0. The molecule has 4 rings (SSSR count). The molecule has 1 amide bonds. The van der Waals surface area contributed by atoms with Crippen LogP contribution in [0.3, 0.4) is 0 Å². The lowest BCUT2D eigenvalue weighted by Crippen LogP contribution is -2.42. The Kier molecular flexibility index (Phi) is 5.90. The fourth-order valence-electron chi connectivity index (χ4n) is 4.06. The zero-order chi connectivity index (χ0) is 22.0. The van der Waals surface area contributed by atoms with Crippen molar-refractivity contribution < 1.29 is 9.53 Å². The van der Waals surface area contributed by atoms with E-state index < -0.39 is 5.60 Å². The maximum Gasteiger partial charge on any atom is 0.410 e. The topological polar surface area (TPSA) is 59.4 Å². The molecule has 0 aliphatic carbocycles. The van der Waals surface area contributed by atoms with Crippen LogP contribution in [0.1, 0.15) is 44.7 Å². The number of ether oxygens (including phenoxy) is 1. The zero-order valence-corrected chi connectivity index (χ0v) is 18.9. The largest absolute Gasteiger partial charge is 0.444 e. The Bertz CT molecular complexity index is 1050. The summed E-state index contributed by atoms with van der Waals surface area (Å²) in [5, 5.41) is 3.53. The molecule has 0 spiro atoms. The summed E-state index contributed by atoms with van der Waals surface area (Å²) in [4.78, 5) is 19.3. The first-order chi connectivity index (χ1) is 14.8. The van der Waals surface area contributed by atoms with Crippen LogP contribution in [0, 0.1) is 6.92 Å². The number of amides is 1. The van der Waals surface area contributed by atoms with Crippen LogP contribution in [0.15, 0.2) is 48.5 Å². The number of carbonyl (C=O) groups is 1. The average Bonchev–Trinajstić information content (AvgIpc) is 3.32. The van der Waals surface area contributed by atoms with Crippen molar-refractivity contribution in [3.63, 3.8) is 0 Å². The Balaban J connectivity index is 1.53. The molecule has 0 unspecified atom stereocenters. The molecule has 3 aromatic rings. The molecule has 31 heavy (non-hydrogen) atoms. The summed E-state index contributed by atoms with van der Waals surface area (Å²) < 4.78 is 7.82. The van der Waals surface area contributed by atoms with Crippen LogP contribution < -0.4 is 5.32 Å². The van der Waals surface area contributed by atoms with Gasteiger partial charge in [0, 0.05) is 13.1 Å². The molecule has 0 radical (unpaired) electrons. The van der Waals surface area contributed by atoms with Gasteiger partial charge in [0.1, 0.15) is 5.60 Å². The lowest BCUT2D eigenvalue weighted by atomic mass is 10.1. The van der Waals surface area contributed by atoms with E-state index in [1.807, 2.05) is 43.9 Å². The van der Waals surface area contributed by atoms with E-state index in [2.05, 4.69) is 47.1 Å². The van der Waals surface area contributed by atoms with Gasteiger partial charge in [-0.1, -0.05) is 42.0 Å². The highest BCUT2D eigenvalue weighted by Gasteiger charge is 2.32. The first-order valence-corrected chi connectivity index (χ1v) is 11.0. The van der Waals surface area contributed by atoms with E-state index in [4.69, 9.17) is 9.72 Å². The van der Waals surface area contributed by atoms with E-state index in [0.29, 0.717) is 6.54 Å². The number of rotatable bonds is 5. The summed E-state index contributed by atoms with van der Waals surface area (Å²) in [5.74, 6) is 0.831. The van der Waals surface area contributed by atoms with Crippen LogP contribution in [-0.2, 0) is 11.3 Å². The number of imidazole rings is 1. The number of hydrogen-bond acceptors (Lipinski definition) is 4. The number of para-hydroxylation sites is 2. The van der Waals surface area contributed by atoms with Gasteiger partial charge in [-0.2, -0.15) is 0 Å². The van der Waals surface area contributed by atoms with E-state index in [0.717, 1.165) is 42.9 Å². The third-order valence-electron chi connectivity index (χ3n) is 5.62. The van der Waals surface area contributed by atoms with Gasteiger partial charge in [-0.15, -0.1) is 0 Å². The van der Waals surface area contributed by atoms with E-state index in [1.165, 1.54) is 11.1 Å². The second-order valence-electron chi connectivity index (χ2n) is 9.35. The zero-order valence-electron chi connectivity index (χ0n) is 18.9. The highest BCUT2D eigenvalue weighted by atomic mass is 16.6. The van der Waals surface area contributed by atoms with Crippen molar-refractivity contribution >= 4 is 23.1 Å². The molecular formula is C25H32N4O2. The minimum absolute atomic E-state index is 0.0995. The highest BCUT2D eigenvalue weighted by molar-refractivity contribution is 5.78. The quantitative estimate of drug-likeness (QED) is 0.616. The maximum absolute atomic E-state index is 12.6. The monoisotopic (exact) mass is 420 g/mol. The summed E-state index contributed by atoms with van der Waals surface area (Å²) in [6, 6.07) is 16.9. The van der Waals surface area contributed by atoms with Crippen molar-refractivity contribution in [3.8, 4) is 0 Å². The molecule has 0 saturated carbocycles. The van der Waals surface area contributed by atoms with Crippen LogP contribution in [0.25, 0.3) is 11.0 Å². The van der Waals surface area contributed by atoms with Crippen LogP contribution in [0.2, 0.25) is 0 Å². The Morgan fingerprint density at radius 3 is 2.65 bits per heavy atom. The van der Waals surface area contributed by atoms with Gasteiger partial charge >= 0.3 is 6.09 Å². The van der Waals surface area contributed by atoms with Gasteiger partial charge in [0.15, 0.2) is 0 Å². The summed E-state index contributed by atoms with van der Waals surface area (Å²) in [6.45, 7) is 9.94. The van der Waals surface area contributed by atoms with Crippen molar-refractivity contribution in [2.24, 2.45) is 0 Å². The van der Waals surface area contributed by atoms with Gasteiger partial charge in [-0.05, 0) is 58.2 Å². The number of likely N-dealkylation sites (tertiary alicyclic amines) is 1. The fraction of sp³-hybridized carbons (Fsp3) is 0.440. The van der Waals surface area contributed by atoms with Crippen molar-refractivity contribution in [2.75, 3.05) is 18.4 Å². The lowest BCUT2D eigenvalue weighted by molar-refractivity contribution is 0.0235. The van der Waals surface area contributed by atoms with E-state index in [9.17, 15) is 4.79 Å². The Labute approximate surface area is 184 Å². The minimum Gasteiger partial charge on any atom is -0.444 e. The molecular weight excluding hydrogens is 388 g/mol. The van der Waals surface area contributed by atoms with Crippen LogP contribution in [-0.4, -0.2) is 45.3 Å². The van der Waals surface area contributed by atoms with Gasteiger partial charge in [-0.3, -0.25) is 0 Å². The maximum atomic E-state index is 12.6. The predicted octanol–water partition coefficient (Wildman–Crippen LogP) is 5.20. The number of aromatic nitrogens is 2. The molecule has 1 atom stereocenters. The van der Waals surface area contributed by atoms with Gasteiger partial charge in [0.2, 0.25) is 5.95 Å². The normalized spacial score (nSPS) is 16.6. The summed E-state index contributed by atoms with van der Waals surface area (Å²) >= 11 is 0. The smallest absolute Gasteiger partial charge is 0.410 e. The van der Waals surface area contributed by atoms with Crippen molar-refractivity contribution in [3.05, 3.63) is 59.7 Å². The standard InChI is InChI=1S/C25H32N4O2/c1-18-11-13-19(14-12-18)17-29-22-10-6-5-9-21(22)27-23(29)26-16-20-8-7-15-28(20)24(30)31-25(2,3)4/h5-6,9-14,20H,7-8,15-17H2,1-4H3,(H,26,27)/t20-/m0/s1. The molecule has 164 valence electrons. The highest BCUT2D eigenvalue weighted by Crippen LogP contribution is 2.24. The SMILES string of the molecule is Cc1ccc(Cn2c(NC[C@@H]3CCCN3C(=O)OC(C)(C)C)nc3ccccc32)cc1. The van der Waals surface area contributed by atoms with E-state index in [-0.39, 0.29) is 12.1 Å². The number of nitrogens with zero attached hydrogens (tertiary/aromatic N) is 3. The molecule has 1 aromatic heterocycles. The third-order valence-corrected chi connectivity index (χ3v) is 5.62. The number of carbonyl (C=O) groups excluding carboxylic acids is 1. The molecule has 6 nitrogen and oxygen atoms in total. The number of hydrogen-bond donors (Lipinski definition) is 1. The number of fused-ring (bicyclic) bond motifs is 1. The van der Waals surface area contributed by atoms with Crippen molar-refractivity contribution in [1.29, 1.82) is 0 Å². The molecule has 1 aliphatic rings. The fourth-order valence-corrected chi connectivity index (χ4v) is 4.06. The Morgan fingerprint density at radius 1 is 1.16 bits per heavy atom. The number of benzene rings is 2. The van der Waals surface area contributed by atoms with E-state index in [1.54, 1.807) is 0 Å². The molecule has 1 saturated heterocycles. The van der Waals surface area contributed by atoms with Gasteiger partial charge < -0.3 is 19.5 Å². The minimum atomic E-state index is -0.486. The molecule has 2 heterocycles. The Morgan fingerprint density at radius 2 is 1.90 bits per heavy atom. The number of aryl methyl sites for hydroxylation is 1. The van der Waals surface area contributed by atoms with Gasteiger partial charge in [0.25, 0.3) is 0 Å². The van der Waals surface area contributed by atoms with Crippen LogP contribution in [0.5, 0.6) is 0 Å². The lowest BCUT2D eigenvalue weighted by Gasteiger charge is -2.28. The van der Waals surface area contributed by atoms with Crippen LogP contribution in [0.4, 0.5) is 10.7 Å². The number of nitrogens with one attached hydrogen (secondary N) is 1. The average molecular weight is 421 g/mol. The molecule has 1 fully saturated rings. The molecule has 0 bridgehead atoms. The second kappa shape index (κ2) is 8.61. The van der Waals surface area contributed by atoms with E-state index >= 15 is 0 Å². The summed E-state index contributed by atoms with van der Waals surface area (Å²) in [6.07, 6.45) is 1.72. The number of anilines is 1. The molecule has 1 N–H and O–H groups in total. The van der Waals surface area contributed by atoms with Gasteiger partial charge in [0.05, 0.1) is 23.6 Å². The molecule has 1 aliphatic heterocycles. The van der Waals surface area contributed by atoms with Gasteiger partial charge in [-0.25, -0.2) is 9.78 Å². The van der Waals surface area contributed by atoms with Crippen LogP contribution >= 0.6 is 0 Å². The van der Waals surface area contributed by atoms with Crippen molar-refractivity contribution in [1.82, 2.24) is 14.5 Å². The predicted molar refractivity (Wildman–Crippen MR) is 124 cm³/mol. The molecule has 6 heteroatoms. The Hall–Kier alpha value is -3.02. The summed E-state index contributed by atoms with van der Waals surface area (Å²) in [7, 11) is 0. The van der Waals surface area contributed by atoms with Crippen molar-refractivity contribution in [2.45, 2.75) is 58.7 Å². The first kappa shape index (κ1) is 21.2. The second-order valence-corrected chi connectivity index (χ2v) is 9.35. The summed E-state index contributed by atoms with van der Waals surface area (Å²) in [5.41, 5.74) is 4.06. The molecule has 2 aromatic carbocycles. The third kappa shape index (κ3) is 5.01.